The van der Waals surface area contributed by atoms with Gasteiger partial charge in [-0.2, -0.15) is 8.42 Å². The molecule has 122 valence electrons. The molecule has 0 unspecified atom stereocenters. The van der Waals surface area contributed by atoms with E-state index in [-0.39, 0.29) is 16.2 Å². The molecule has 0 fully saturated rings. The molecule has 1 N–H and O–H groups in total. The van der Waals surface area contributed by atoms with Crippen LogP contribution < -0.4 is 4.18 Å². The molecule has 0 amide bonds. The van der Waals surface area contributed by atoms with Gasteiger partial charge in [-0.25, -0.2) is 4.79 Å². The molecule has 0 bridgehead atoms. The number of carboxylic acids is 1. The maximum Gasteiger partial charge on any atom is 0.339 e. The standard InChI is InChI=1S/C17H11BrO5S/c18-15-9-8-12(10-14(15)17(19)20)24(21,22)23-16-7-3-5-11-4-1-2-6-13(11)16/h1-10H,(H,19,20). The van der Waals surface area contributed by atoms with E-state index in [4.69, 9.17) is 9.29 Å². The highest BCUT2D eigenvalue weighted by Gasteiger charge is 2.21. The molecule has 0 aliphatic carbocycles. The number of aromatic carboxylic acids is 1. The Morgan fingerprint density at radius 1 is 1.00 bits per heavy atom. The number of benzene rings is 3. The van der Waals surface area contributed by atoms with Gasteiger partial charge in [-0.05, 0) is 45.6 Å². The van der Waals surface area contributed by atoms with E-state index >= 15 is 0 Å². The summed E-state index contributed by atoms with van der Waals surface area (Å²) in [7, 11) is -4.16. The van der Waals surface area contributed by atoms with Crippen LogP contribution in [0.25, 0.3) is 10.8 Å². The Balaban J connectivity index is 2.05. The lowest BCUT2D eigenvalue weighted by molar-refractivity contribution is 0.0695. The zero-order valence-electron chi connectivity index (χ0n) is 12.1. The summed E-state index contributed by atoms with van der Waals surface area (Å²) in [6, 6.07) is 16.0. The van der Waals surface area contributed by atoms with Crippen LogP contribution in [0, 0.1) is 0 Å². The van der Waals surface area contributed by atoms with Crippen molar-refractivity contribution in [2.24, 2.45) is 0 Å². The SMILES string of the molecule is O=C(O)c1cc(S(=O)(=O)Oc2cccc3ccccc23)ccc1Br. The fraction of sp³-hybridized carbons (Fsp3) is 0. The first kappa shape index (κ1) is 16.5. The summed E-state index contributed by atoms with van der Waals surface area (Å²) in [5.41, 5.74) is -0.155. The van der Waals surface area contributed by atoms with Gasteiger partial charge in [-0.3, -0.25) is 0 Å². The average Bonchev–Trinajstić information content (AvgIpc) is 2.55. The minimum Gasteiger partial charge on any atom is -0.478 e. The Hall–Kier alpha value is -2.38. The molecular weight excluding hydrogens is 396 g/mol. The third-order valence-corrected chi connectivity index (χ3v) is 5.33. The van der Waals surface area contributed by atoms with E-state index in [1.54, 1.807) is 24.3 Å². The zero-order valence-corrected chi connectivity index (χ0v) is 14.5. The van der Waals surface area contributed by atoms with Gasteiger partial charge in [0.1, 0.15) is 4.90 Å². The van der Waals surface area contributed by atoms with Gasteiger partial charge in [0.05, 0.1) is 5.56 Å². The van der Waals surface area contributed by atoms with Crippen molar-refractivity contribution in [2.45, 2.75) is 4.90 Å². The maximum atomic E-state index is 12.5. The second-order valence-electron chi connectivity index (χ2n) is 4.96. The van der Waals surface area contributed by atoms with Crippen molar-refractivity contribution in [1.82, 2.24) is 0 Å². The van der Waals surface area contributed by atoms with E-state index in [1.807, 2.05) is 18.2 Å². The molecule has 3 rings (SSSR count). The predicted molar refractivity (Wildman–Crippen MR) is 92.9 cm³/mol. The highest BCUT2D eigenvalue weighted by Crippen LogP contribution is 2.29. The molecule has 0 aliphatic rings. The van der Waals surface area contributed by atoms with Crippen LogP contribution >= 0.6 is 15.9 Å². The first-order valence-corrected chi connectivity index (χ1v) is 9.04. The van der Waals surface area contributed by atoms with Crippen molar-refractivity contribution in [1.29, 1.82) is 0 Å². The van der Waals surface area contributed by atoms with Crippen molar-refractivity contribution < 1.29 is 22.5 Å². The molecule has 3 aromatic rings. The minimum atomic E-state index is -4.16. The van der Waals surface area contributed by atoms with Crippen LogP contribution in [0.15, 0.2) is 70.0 Å². The van der Waals surface area contributed by atoms with Gasteiger partial charge in [-0.1, -0.05) is 36.4 Å². The molecule has 0 atom stereocenters. The lowest BCUT2D eigenvalue weighted by atomic mass is 10.1. The number of hydrogen-bond donors (Lipinski definition) is 1. The molecule has 0 heterocycles. The van der Waals surface area contributed by atoms with Gasteiger partial charge in [-0.15, -0.1) is 0 Å². The number of hydrogen-bond acceptors (Lipinski definition) is 4. The molecule has 0 aromatic heterocycles. The van der Waals surface area contributed by atoms with Crippen LogP contribution in [0.2, 0.25) is 0 Å². The molecule has 5 nitrogen and oxygen atoms in total. The molecule has 24 heavy (non-hydrogen) atoms. The van der Waals surface area contributed by atoms with E-state index in [0.29, 0.717) is 9.86 Å². The van der Waals surface area contributed by atoms with Crippen LogP contribution in [-0.2, 0) is 10.1 Å². The van der Waals surface area contributed by atoms with Crippen LogP contribution in [-0.4, -0.2) is 19.5 Å². The monoisotopic (exact) mass is 406 g/mol. The maximum absolute atomic E-state index is 12.5. The van der Waals surface area contributed by atoms with Crippen LogP contribution in [0.3, 0.4) is 0 Å². The summed E-state index contributed by atoms with van der Waals surface area (Å²) in [5.74, 6) is -1.04. The van der Waals surface area contributed by atoms with Gasteiger partial charge in [0.15, 0.2) is 5.75 Å². The topological polar surface area (TPSA) is 80.7 Å². The molecular formula is C17H11BrO5S. The van der Waals surface area contributed by atoms with E-state index < -0.39 is 16.1 Å². The fourth-order valence-electron chi connectivity index (χ4n) is 2.26. The molecule has 0 aliphatic heterocycles. The number of halogens is 1. The highest BCUT2D eigenvalue weighted by atomic mass is 79.9. The Labute approximate surface area is 146 Å². The highest BCUT2D eigenvalue weighted by molar-refractivity contribution is 9.10. The van der Waals surface area contributed by atoms with Gasteiger partial charge in [0.2, 0.25) is 0 Å². The van der Waals surface area contributed by atoms with Crippen LogP contribution in [0.4, 0.5) is 0 Å². The zero-order chi connectivity index (χ0) is 17.3. The minimum absolute atomic E-state index is 0.155. The quantitative estimate of drug-likeness (QED) is 0.660. The van der Waals surface area contributed by atoms with E-state index in [0.717, 1.165) is 11.5 Å². The number of rotatable bonds is 4. The fourth-order valence-corrected chi connectivity index (χ4v) is 3.65. The molecule has 7 heteroatoms. The normalized spacial score (nSPS) is 11.4. The summed E-state index contributed by atoms with van der Waals surface area (Å²) in [6.07, 6.45) is 0. The summed E-state index contributed by atoms with van der Waals surface area (Å²) in [6.45, 7) is 0. The molecule has 0 saturated heterocycles. The first-order chi connectivity index (χ1) is 11.4. The van der Waals surface area contributed by atoms with Crippen LogP contribution in [0.1, 0.15) is 10.4 Å². The molecule has 0 spiro atoms. The Morgan fingerprint density at radius 2 is 1.71 bits per heavy atom. The third kappa shape index (κ3) is 3.13. The summed E-state index contributed by atoms with van der Waals surface area (Å²) in [4.78, 5) is 10.9. The second kappa shape index (κ2) is 6.26. The summed E-state index contributed by atoms with van der Waals surface area (Å²) in [5, 5.41) is 10.6. The average molecular weight is 407 g/mol. The van der Waals surface area contributed by atoms with Gasteiger partial charge < -0.3 is 9.29 Å². The smallest absolute Gasteiger partial charge is 0.339 e. The lowest BCUT2D eigenvalue weighted by Crippen LogP contribution is -2.11. The second-order valence-corrected chi connectivity index (χ2v) is 7.36. The Morgan fingerprint density at radius 3 is 2.46 bits per heavy atom. The Bertz CT molecular complexity index is 1040. The van der Waals surface area contributed by atoms with Crippen molar-refractivity contribution in [3.8, 4) is 5.75 Å². The van der Waals surface area contributed by atoms with Crippen LogP contribution in [0.5, 0.6) is 5.75 Å². The third-order valence-electron chi connectivity index (χ3n) is 3.41. The summed E-state index contributed by atoms with van der Waals surface area (Å²) >= 11 is 3.08. The lowest BCUT2D eigenvalue weighted by Gasteiger charge is -2.10. The predicted octanol–water partition coefficient (Wildman–Crippen LogP) is 4.07. The van der Waals surface area contributed by atoms with Gasteiger partial charge >= 0.3 is 16.1 Å². The number of carbonyl (C=O) groups is 1. The van der Waals surface area contributed by atoms with Gasteiger partial charge in [0.25, 0.3) is 0 Å². The van der Waals surface area contributed by atoms with Gasteiger partial charge in [0, 0.05) is 9.86 Å². The van der Waals surface area contributed by atoms with Crippen molar-refractivity contribution >= 4 is 42.8 Å². The Kier molecular flexibility index (Phi) is 4.29. The van der Waals surface area contributed by atoms with E-state index in [9.17, 15) is 13.2 Å². The summed E-state index contributed by atoms with van der Waals surface area (Å²) < 4.78 is 30.5. The van der Waals surface area contributed by atoms with Crippen molar-refractivity contribution in [2.75, 3.05) is 0 Å². The van der Waals surface area contributed by atoms with E-state index in [1.165, 1.54) is 12.1 Å². The first-order valence-electron chi connectivity index (χ1n) is 6.83. The number of carboxylic acid groups (broad SMARTS) is 1. The largest absolute Gasteiger partial charge is 0.478 e. The number of fused-ring (bicyclic) bond motifs is 1. The van der Waals surface area contributed by atoms with Crippen molar-refractivity contribution in [3.63, 3.8) is 0 Å². The molecule has 3 aromatic carbocycles. The molecule has 0 saturated carbocycles. The molecule has 0 radical (unpaired) electrons. The van der Waals surface area contributed by atoms with E-state index in [2.05, 4.69) is 15.9 Å². The van der Waals surface area contributed by atoms with Crippen molar-refractivity contribution in [3.05, 3.63) is 70.7 Å².